The monoisotopic (exact) mass is 404 g/mol. The molecule has 0 bridgehead atoms. The van der Waals surface area contributed by atoms with E-state index in [-0.39, 0.29) is 17.1 Å². The summed E-state index contributed by atoms with van der Waals surface area (Å²) < 4.78 is 10.9. The SMILES string of the molecule is COc1ccc(C(Nc2cc(Cl)nc(N)n2)c2ccccc2Cl)c(OC)c1. The first kappa shape index (κ1) is 19.1. The van der Waals surface area contributed by atoms with Crippen molar-refractivity contribution in [2.75, 3.05) is 25.3 Å². The second-order valence-corrected chi connectivity index (χ2v) is 6.44. The number of methoxy groups -OCH3 is 2. The number of benzene rings is 2. The lowest BCUT2D eigenvalue weighted by Gasteiger charge is -2.24. The van der Waals surface area contributed by atoms with E-state index in [4.69, 9.17) is 38.4 Å². The van der Waals surface area contributed by atoms with E-state index < -0.39 is 0 Å². The zero-order valence-electron chi connectivity index (χ0n) is 14.7. The molecule has 1 unspecified atom stereocenters. The van der Waals surface area contributed by atoms with E-state index in [2.05, 4.69) is 15.3 Å². The summed E-state index contributed by atoms with van der Waals surface area (Å²) in [5.41, 5.74) is 7.41. The molecule has 3 N–H and O–H groups in total. The van der Waals surface area contributed by atoms with E-state index in [1.165, 1.54) is 0 Å². The maximum Gasteiger partial charge on any atom is 0.223 e. The first-order chi connectivity index (χ1) is 13.0. The number of nitrogens with zero attached hydrogens (tertiary/aromatic N) is 2. The molecule has 0 fully saturated rings. The maximum absolute atomic E-state index is 6.46. The minimum atomic E-state index is -0.370. The molecule has 0 saturated carbocycles. The summed E-state index contributed by atoms with van der Waals surface area (Å²) in [4.78, 5) is 8.09. The van der Waals surface area contributed by atoms with E-state index in [1.807, 2.05) is 42.5 Å². The molecule has 0 radical (unpaired) electrons. The zero-order chi connectivity index (χ0) is 19.4. The van der Waals surface area contributed by atoms with Crippen molar-refractivity contribution < 1.29 is 9.47 Å². The van der Waals surface area contributed by atoms with Crippen molar-refractivity contribution in [2.24, 2.45) is 0 Å². The Balaban J connectivity index is 2.12. The van der Waals surface area contributed by atoms with Gasteiger partial charge in [0.1, 0.15) is 22.5 Å². The molecule has 0 aliphatic heterocycles. The Kier molecular flexibility index (Phi) is 5.88. The topological polar surface area (TPSA) is 82.3 Å². The van der Waals surface area contributed by atoms with Crippen LogP contribution in [0.5, 0.6) is 11.5 Å². The van der Waals surface area contributed by atoms with Crippen LogP contribution in [0, 0.1) is 0 Å². The first-order valence-electron chi connectivity index (χ1n) is 8.04. The molecule has 140 valence electrons. The van der Waals surface area contributed by atoms with Crippen LogP contribution in [0.2, 0.25) is 10.2 Å². The molecule has 0 spiro atoms. The molecule has 3 aromatic rings. The third kappa shape index (κ3) is 4.35. The van der Waals surface area contributed by atoms with Crippen molar-refractivity contribution in [1.29, 1.82) is 0 Å². The average molecular weight is 405 g/mol. The molecule has 0 amide bonds. The lowest BCUT2D eigenvalue weighted by Crippen LogP contribution is -2.15. The summed E-state index contributed by atoms with van der Waals surface area (Å²) in [6.45, 7) is 0. The lowest BCUT2D eigenvalue weighted by atomic mass is 9.97. The van der Waals surface area contributed by atoms with Crippen LogP contribution in [0.4, 0.5) is 11.8 Å². The number of halogens is 2. The second kappa shape index (κ2) is 8.33. The molecule has 1 aromatic heterocycles. The molecular formula is C19H18Cl2N4O2. The number of hydrogen-bond acceptors (Lipinski definition) is 6. The lowest BCUT2D eigenvalue weighted by molar-refractivity contribution is 0.390. The number of aromatic nitrogens is 2. The van der Waals surface area contributed by atoms with Gasteiger partial charge in [-0.2, -0.15) is 4.98 Å². The summed E-state index contributed by atoms with van der Waals surface area (Å²) in [5, 5.41) is 4.16. The van der Waals surface area contributed by atoms with Crippen LogP contribution >= 0.6 is 23.2 Å². The Bertz CT molecular complexity index is 932. The van der Waals surface area contributed by atoms with Gasteiger partial charge in [0.2, 0.25) is 5.95 Å². The van der Waals surface area contributed by atoms with Crippen LogP contribution in [0.15, 0.2) is 48.5 Å². The van der Waals surface area contributed by atoms with Gasteiger partial charge in [0.15, 0.2) is 0 Å². The van der Waals surface area contributed by atoms with Crippen molar-refractivity contribution in [2.45, 2.75) is 6.04 Å². The van der Waals surface area contributed by atoms with Crippen LogP contribution in [-0.2, 0) is 0 Å². The number of nitrogen functional groups attached to an aromatic ring is 1. The van der Waals surface area contributed by atoms with Crippen molar-refractivity contribution in [1.82, 2.24) is 9.97 Å². The third-order valence-electron chi connectivity index (χ3n) is 3.97. The molecule has 0 aliphatic rings. The molecule has 6 nitrogen and oxygen atoms in total. The first-order valence-corrected chi connectivity index (χ1v) is 8.80. The number of hydrogen-bond donors (Lipinski definition) is 2. The van der Waals surface area contributed by atoms with Gasteiger partial charge in [-0.3, -0.25) is 0 Å². The van der Waals surface area contributed by atoms with Crippen molar-refractivity contribution >= 4 is 35.0 Å². The Labute approximate surface area is 167 Å². The van der Waals surface area contributed by atoms with E-state index in [0.717, 1.165) is 11.1 Å². The summed E-state index contributed by atoms with van der Waals surface area (Å²) >= 11 is 12.5. The minimum absolute atomic E-state index is 0.0737. The molecule has 0 aliphatic carbocycles. The van der Waals surface area contributed by atoms with Gasteiger partial charge in [-0.05, 0) is 23.8 Å². The van der Waals surface area contributed by atoms with Crippen LogP contribution < -0.4 is 20.5 Å². The highest BCUT2D eigenvalue weighted by atomic mass is 35.5. The minimum Gasteiger partial charge on any atom is -0.497 e. The van der Waals surface area contributed by atoms with E-state index >= 15 is 0 Å². The van der Waals surface area contributed by atoms with E-state index in [1.54, 1.807) is 20.3 Å². The summed E-state index contributed by atoms with van der Waals surface area (Å²) in [6.07, 6.45) is 0. The molecule has 8 heteroatoms. The number of ether oxygens (including phenoxy) is 2. The zero-order valence-corrected chi connectivity index (χ0v) is 16.3. The summed E-state index contributed by atoms with van der Waals surface area (Å²) in [7, 11) is 3.20. The van der Waals surface area contributed by atoms with Crippen molar-refractivity contribution in [3.63, 3.8) is 0 Å². The fourth-order valence-corrected chi connectivity index (χ4v) is 3.18. The number of nitrogens with two attached hydrogens (primary N) is 1. The Hall–Kier alpha value is -2.70. The normalized spacial score (nSPS) is 11.7. The second-order valence-electron chi connectivity index (χ2n) is 5.64. The highest BCUT2D eigenvalue weighted by Gasteiger charge is 2.22. The number of nitrogens with one attached hydrogen (secondary N) is 1. The highest BCUT2D eigenvalue weighted by Crippen LogP contribution is 2.37. The number of anilines is 2. The Morgan fingerprint density at radius 1 is 0.963 bits per heavy atom. The average Bonchev–Trinajstić information content (AvgIpc) is 2.65. The summed E-state index contributed by atoms with van der Waals surface area (Å²) in [5.74, 6) is 1.86. The van der Waals surface area contributed by atoms with Crippen LogP contribution in [0.1, 0.15) is 17.2 Å². The Morgan fingerprint density at radius 2 is 1.74 bits per heavy atom. The van der Waals surface area contributed by atoms with Crippen molar-refractivity contribution in [3.8, 4) is 11.5 Å². The molecular weight excluding hydrogens is 387 g/mol. The van der Waals surface area contributed by atoms with Gasteiger partial charge in [0.25, 0.3) is 0 Å². The van der Waals surface area contributed by atoms with Gasteiger partial charge in [-0.15, -0.1) is 0 Å². The van der Waals surface area contributed by atoms with Gasteiger partial charge in [0.05, 0.1) is 20.3 Å². The molecule has 1 heterocycles. The fourth-order valence-electron chi connectivity index (χ4n) is 2.75. The van der Waals surface area contributed by atoms with Gasteiger partial charge in [-0.25, -0.2) is 4.98 Å². The highest BCUT2D eigenvalue weighted by molar-refractivity contribution is 6.31. The Morgan fingerprint density at radius 3 is 2.41 bits per heavy atom. The van der Waals surface area contributed by atoms with Crippen LogP contribution in [0.3, 0.4) is 0 Å². The fraction of sp³-hybridized carbons (Fsp3) is 0.158. The van der Waals surface area contributed by atoms with E-state index in [9.17, 15) is 0 Å². The third-order valence-corrected chi connectivity index (χ3v) is 4.51. The van der Waals surface area contributed by atoms with Gasteiger partial charge in [0, 0.05) is 22.7 Å². The van der Waals surface area contributed by atoms with Crippen molar-refractivity contribution in [3.05, 3.63) is 69.8 Å². The molecule has 3 rings (SSSR count). The molecule has 0 saturated heterocycles. The maximum atomic E-state index is 6.46. The molecule has 1 atom stereocenters. The quantitative estimate of drug-likeness (QED) is 0.584. The van der Waals surface area contributed by atoms with E-state index in [0.29, 0.717) is 22.3 Å². The smallest absolute Gasteiger partial charge is 0.223 e. The number of rotatable bonds is 6. The van der Waals surface area contributed by atoms with Crippen LogP contribution in [-0.4, -0.2) is 24.2 Å². The van der Waals surface area contributed by atoms with Crippen LogP contribution in [0.25, 0.3) is 0 Å². The van der Waals surface area contributed by atoms with Gasteiger partial charge in [-0.1, -0.05) is 41.4 Å². The predicted molar refractivity (Wildman–Crippen MR) is 108 cm³/mol. The predicted octanol–water partition coefficient (Wildman–Crippen LogP) is 4.58. The van der Waals surface area contributed by atoms with Gasteiger partial charge >= 0.3 is 0 Å². The largest absolute Gasteiger partial charge is 0.497 e. The molecule has 2 aromatic carbocycles. The molecule has 27 heavy (non-hydrogen) atoms. The van der Waals surface area contributed by atoms with Gasteiger partial charge < -0.3 is 20.5 Å². The standard InChI is InChI=1S/C19H18Cl2N4O2/c1-26-11-7-8-13(15(9-11)27-2)18(12-5-3-4-6-14(12)20)24-17-10-16(21)23-19(22)25-17/h3-10,18H,1-2H3,(H3,22,23,24,25). The summed E-state index contributed by atoms with van der Waals surface area (Å²) in [6, 6.07) is 14.3.